The van der Waals surface area contributed by atoms with Crippen LogP contribution in [0.3, 0.4) is 0 Å². The van der Waals surface area contributed by atoms with Crippen molar-refractivity contribution in [3.63, 3.8) is 0 Å². The van der Waals surface area contributed by atoms with Crippen LogP contribution in [0.4, 0.5) is 8.78 Å². The minimum atomic E-state index is -2.57. The summed E-state index contributed by atoms with van der Waals surface area (Å²) in [5.74, 6) is 0. The van der Waals surface area contributed by atoms with Gasteiger partial charge in [-0.1, -0.05) is 18.2 Å². The van der Waals surface area contributed by atoms with Crippen molar-refractivity contribution in [1.29, 1.82) is 0 Å². The third-order valence-electron chi connectivity index (χ3n) is 1.85. The Morgan fingerprint density at radius 1 is 1.22 bits per heavy atom. The number of nitrogens with two attached hydrogens (primary N) is 1. The third kappa shape index (κ3) is 7.27. The van der Waals surface area contributed by atoms with Gasteiger partial charge < -0.3 is 5.73 Å². The van der Waals surface area contributed by atoms with E-state index in [1.807, 2.05) is 0 Å². The molecule has 0 bridgehead atoms. The maximum atomic E-state index is 12.4. The Balaban J connectivity index is 5.28. The molecule has 0 aromatic rings. The largest absolute Gasteiger partial charge is 0.402 e. The molecule has 0 spiro atoms. The van der Waals surface area contributed by atoms with E-state index in [0.717, 1.165) is 0 Å². The van der Waals surface area contributed by atoms with E-state index in [4.69, 9.17) is 5.73 Å². The highest BCUT2D eigenvalue weighted by atomic mass is 19.3. The van der Waals surface area contributed by atoms with Gasteiger partial charge in [0, 0.05) is 17.7 Å². The van der Waals surface area contributed by atoms with Gasteiger partial charge >= 0.3 is 0 Å². The van der Waals surface area contributed by atoms with Crippen LogP contribution in [-0.2, 0) is 9.59 Å². The fourth-order valence-electron chi connectivity index (χ4n) is 1.18. The molecular weight excluding hydrogens is 240 g/mol. The van der Waals surface area contributed by atoms with Gasteiger partial charge in [0.2, 0.25) is 6.43 Å². The number of carbonyl (C=O) groups excluding carboxylic acids is 2. The molecule has 0 aliphatic heterocycles. The van der Waals surface area contributed by atoms with Crippen LogP contribution in [0, 0.1) is 0 Å². The Morgan fingerprint density at radius 2 is 1.89 bits per heavy atom. The number of aldehydes is 2. The fourth-order valence-corrected chi connectivity index (χ4v) is 1.18. The smallest absolute Gasteiger partial charge is 0.242 e. The highest BCUT2D eigenvalue weighted by Crippen LogP contribution is 2.16. The van der Waals surface area contributed by atoms with E-state index < -0.39 is 12.8 Å². The molecule has 0 heterocycles. The van der Waals surface area contributed by atoms with Gasteiger partial charge in [-0.3, -0.25) is 9.59 Å². The quantitative estimate of drug-likeness (QED) is 0.431. The molecule has 0 amide bonds. The van der Waals surface area contributed by atoms with E-state index in [-0.39, 0.29) is 11.1 Å². The molecule has 0 fully saturated rings. The summed E-state index contributed by atoms with van der Waals surface area (Å²) in [5.41, 5.74) is 6.03. The van der Waals surface area contributed by atoms with Crippen LogP contribution in [0.1, 0.15) is 13.3 Å². The van der Waals surface area contributed by atoms with Crippen molar-refractivity contribution in [2.45, 2.75) is 19.8 Å². The molecule has 0 saturated carbocycles. The fraction of sp³-hybridized carbons (Fsp3) is 0.231. The second-order valence-corrected chi connectivity index (χ2v) is 3.46. The van der Waals surface area contributed by atoms with Gasteiger partial charge in [0.1, 0.15) is 12.6 Å². The van der Waals surface area contributed by atoms with Crippen molar-refractivity contribution in [3.05, 3.63) is 47.2 Å². The van der Waals surface area contributed by atoms with Gasteiger partial charge in [0.15, 0.2) is 0 Å². The van der Waals surface area contributed by atoms with Crippen LogP contribution in [0.5, 0.6) is 0 Å². The molecule has 98 valence electrons. The van der Waals surface area contributed by atoms with Gasteiger partial charge in [-0.2, -0.15) is 0 Å². The maximum Gasteiger partial charge on any atom is 0.242 e. The predicted octanol–water partition coefficient (Wildman–Crippen LogP) is 2.31. The molecule has 3 nitrogen and oxygen atoms in total. The number of rotatable bonds is 7. The summed E-state index contributed by atoms with van der Waals surface area (Å²) < 4.78 is 24.8. The molecule has 0 aliphatic carbocycles. The molecule has 0 saturated heterocycles. The minimum absolute atomic E-state index is 0.103. The zero-order valence-corrected chi connectivity index (χ0v) is 9.98. The molecule has 18 heavy (non-hydrogen) atoms. The number of hydrogen-bond donors (Lipinski definition) is 1. The predicted molar refractivity (Wildman–Crippen MR) is 66.0 cm³/mol. The summed E-state index contributed by atoms with van der Waals surface area (Å²) in [4.78, 5) is 20.9. The van der Waals surface area contributed by atoms with E-state index in [0.29, 0.717) is 18.3 Å². The third-order valence-corrected chi connectivity index (χ3v) is 1.85. The van der Waals surface area contributed by atoms with Crippen molar-refractivity contribution in [2.75, 3.05) is 0 Å². The summed E-state index contributed by atoms with van der Waals surface area (Å²) in [6.45, 7) is 1.56. The molecule has 0 aromatic carbocycles. The average Bonchev–Trinajstić information content (AvgIpc) is 2.29. The summed E-state index contributed by atoms with van der Waals surface area (Å²) in [7, 11) is 0. The van der Waals surface area contributed by atoms with Gasteiger partial charge in [0.05, 0.1) is 0 Å². The van der Waals surface area contributed by atoms with Crippen LogP contribution in [0.25, 0.3) is 0 Å². The van der Waals surface area contributed by atoms with E-state index in [1.54, 1.807) is 6.92 Å². The van der Waals surface area contributed by atoms with Gasteiger partial charge in [-0.05, 0) is 24.6 Å². The Kier molecular flexibility index (Phi) is 8.01. The molecule has 0 aliphatic rings. The first-order valence-electron chi connectivity index (χ1n) is 5.20. The Hall–Kier alpha value is -2.04. The van der Waals surface area contributed by atoms with Crippen molar-refractivity contribution < 1.29 is 18.4 Å². The summed E-state index contributed by atoms with van der Waals surface area (Å²) in [6.07, 6.45) is 4.61. The monoisotopic (exact) mass is 255 g/mol. The lowest BCUT2D eigenvalue weighted by atomic mass is 10.0. The molecule has 0 rings (SSSR count). The van der Waals surface area contributed by atoms with E-state index in [2.05, 4.69) is 0 Å². The summed E-state index contributed by atoms with van der Waals surface area (Å²) in [5, 5.41) is 0. The highest BCUT2D eigenvalue weighted by molar-refractivity contribution is 5.80. The SMILES string of the molecule is CC(N)=CC(C=O)=C(C=CC=CC=O)CC(F)F. The number of halogens is 2. The van der Waals surface area contributed by atoms with Crippen LogP contribution in [0.15, 0.2) is 47.2 Å². The maximum absolute atomic E-state index is 12.4. The Labute approximate surface area is 104 Å². The zero-order chi connectivity index (χ0) is 14.0. The second-order valence-electron chi connectivity index (χ2n) is 3.46. The second kappa shape index (κ2) is 9.04. The molecular formula is C13H15F2NO2. The van der Waals surface area contributed by atoms with Crippen molar-refractivity contribution in [1.82, 2.24) is 0 Å². The normalized spacial score (nSPS) is 14.3. The van der Waals surface area contributed by atoms with E-state index >= 15 is 0 Å². The lowest BCUT2D eigenvalue weighted by Crippen LogP contribution is -1.99. The molecule has 0 unspecified atom stereocenters. The number of allylic oxidation sites excluding steroid dienone is 8. The van der Waals surface area contributed by atoms with Crippen molar-refractivity contribution >= 4 is 12.6 Å². The van der Waals surface area contributed by atoms with Crippen LogP contribution >= 0.6 is 0 Å². The molecule has 0 radical (unpaired) electrons. The van der Waals surface area contributed by atoms with E-state index in [9.17, 15) is 18.4 Å². The number of carbonyl (C=O) groups is 2. The molecule has 0 atom stereocenters. The zero-order valence-electron chi connectivity index (χ0n) is 9.98. The van der Waals surface area contributed by atoms with Crippen LogP contribution in [0.2, 0.25) is 0 Å². The lowest BCUT2D eigenvalue weighted by molar-refractivity contribution is -0.105. The average molecular weight is 255 g/mol. The van der Waals surface area contributed by atoms with Gasteiger partial charge in [0.25, 0.3) is 0 Å². The molecule has 5 heteroatoms. The van der Waals surface area contributed by atoms with Gasteiger partial charge in [-0.25, -0.2) is 8.78 Å². The summed E-state index contributed by atoms with van der Waals surface area (Å²) in [6, 6.07) is 0. The van der Waals surface area contributed by atoms with Crippen molar-refractivity contribution in [3.8, 4) is 0 Å². The minimum Gasteiger partial charge on any atom is -0.402 e. The van der Waals surface area contributed by atoms with Crippen LogP contribution < -0.4 is 5.73 Å². The lowest BCUT2D eigenvalue weighted by Gasteiger charge is -2.04. The van der Waals surface area contributed by atoms with Crippen LogP contribution in [-0.4, -0.2) is 19.0 Å². The molecule has 2 N–H and O–H groups in total. The van der Waals surface area contributed by atoms with Crippen molar-refractivity contribution in [2.24, 2.45) is 5.73 Å². The topological polar surface area (TPSA) is 60.2 Å². The summed E-state index contributed by atoms with van der Waals surface area (Å²) >= 11 is 0. The first kappa shape index (κ1) is 16.0. The van der Waals surface area contributed by atoms with Gasteiger partial charge in [-0.15, -0.1) is 0 Å². The highest BCUT2D eigenvalue weighted by Gasteiger charge is 2.09. The first-order chi connectivity index (χ1) is 8.51. The van der Waals surface area contributed by atoms with E-state index in [1.165, 1.54) is 30.4 Å². The number of hydrogen-bond acceptors (Lipinski definition) is 3. The first-order valence-corrected chi connectivity index (χ1v) is 5.20. The molecule has 0 aromatic heterocycles. The Morgan fingerprint density at radius 3 is 2.33 bits per heavy atom. The Bertz CT molecular complexity index is 403. The number of alkyl halides is 2. The standard InChI is InChI=1S/C13H15F2NO2/c1-10(16)7-12(9-18)11(8-13(14)15)5-3-2-4-6-17/h2-7,9,13H,8,16H2,1H3.